The van der Waals surface area contributed by atoms with Crippen LogP contribution >= 0.6 is 0 Å². The van der Waals surface area contributed by atoms with Crippen molar-refractivity contribution in [2.45, 2.75) is 6.10 Å². The van der Waals surface area contributed by atoms with Crippen LogP contribution in [0, 0.1) is 0 Å². The van der Waals surface area contributed by atoms with E-state index in [0.29, 0.717) is 12.6 Å². The third-order valence-electron chi connectivity index (χ3n) is 6.54. The quantitative estimate of drug-likeness (QED) is 0.313. The number of pyridine rings is 1. The molecule has 1 unspecified atom stereocenters. The number of rotatable bonds is 6. The van der Waals surface area contributed by atoms with Gasteiger partial charge in [0.1, 0.15) is 11.9 Å². The second-order valence-corrected chi connectivity index (χ2v) is 8.87. The van der Waals surface area contributed by atoms with Gasteiger partial charge in [-0.05, 0) is 41.5 Å². The minimum atomic E-state index is -0.0475. The minimum absolute atomic E-state index is 0.0475. The van der Waals surface area contributed by atoms with Crippen LogP contribution in [0.4, 0.5) is 11.6 Å². The van der Waals surface area contributed by atoms with E-state index in [4.69, 9.17) is 14.5 Å². The minimum Gasteiger partial charge on any atom is -0.497 e. The normalized spacial score (nSPS) is 15.4. The highest BCUT2D eigenvalue weighted by atomic mass is 16.5. The van der Waals surface area contributed by atoms with Crippen LogP contribution in [0.1, 0.15) is 11.8 Å². The van der Waals surface area contributed by atoms with Gasteiger partial charge in [-0.1, -0.05) is 48.5 Å². The summed E-state index contributed by atoms with van der Waals surface area (Å²) in [5.74, 6) is 1.37. The fraction of sp³-hybridized carbons (Fsp3) is 0.167. The number of hydrogen-bond acceptors (Lipinski definition) is 7. The van der Waals surface area contributed by atoms with Gasteiger partial charge in [0, 0.05) is 47.7 Å². The highest BCUT2D eigenvalue weighted by molar-refractivity contribution is 5.94. The van der Waals surface area contributed by atoms with E-state index in [9.17, 15) is 0 Å². The molecule has 3 heterocycles. The van der Waals surface area contributed by atoms with Gasteiger partial charge < -0.3 is 20.1 Å². The summed E-state index contributed by atoms with van der Waals surface area (Å²) in [5, 5.41) is 7.73. The number of fused-ring (bicyclic) bond motifs is 1. The van der Waals surface area contributed by atoms with Gasteiger partial charge in [-0.15, -0.1) is 0 Å². The zero-order valence-electron chi connectivity index (χ0n) is 20.5. The van der Waals surface area contributed by atoms with E-state index < -0.39 is 0 Å². The molecule has 184 valence electrons. The molecule has 5 aromatic rings. The zero-order chi connectivity index (χ0) is 25.0. The molecule has 1 aliphatic rings. The summed E-state index contributed by atoms with van der Waals surface area (Å²) in [4.78, 5) is 14.0. The van der Waals surface area contributed by atoms with Gasteiger partial charge in [-0.25, -0.2) is 9.97 Å². The molecular weight excluding hydrogens is 462 g/mol. The molecule has 7 heteroatoms. The number of nitrogens with zero attached hydrogens (tertiary/aromatic N) is 3. The number of methoxy groups -OCH3 is 1. The SMILES string of the molecule is COc1ccc(-c2cccc3cnc(Nc4ccc(-c5cccnc5C5CNCCO5)cc4)nc23)cc1. The van der Waals surface area contributed by atoms with E-state index in [1.807, 2.05) is 67.0 Å². The standard InChI is InChI=1S/C30H27N5O2/c1-36-24-13-9-21(10-14-24)25-5-2-4-22-18-33-30(35-28(22)25)34-23-11-7-20(8-12-23)26-6-3-15-32-29(26)27-19-31-16-17-37-27/h2-15,18,27,31H,16-17,19H2,1H3,(H,33,34,35). The maximum Gasteiger partial charge on any atom is 0.227 e. The third-order valence-corrected chi connectivity index (χ3v) is 6.54. The van der Waals surface area contributed by atoms with Crippen LogP contribution in [-0.4, -0.2) is 41.8 Å². The van der Waals surface area contributed by atoms with Gasteiger partial charge >= 0.3 is 0 Å². The number of benzene rings is 3. The molecule has 2 aromatic heterocycles. The van der Waals surface area contributed by atoms with Crippen molar-refractivity contribution in [3.63, 3.8) is 0 Å². The van der Waals surface area contributed by atoms with Gasteiger partial charge in [0.2, 0.25) is 5.95 Å². The predicted octanol–water partition coefficient (Wildman–Crippen LogP) is 5.77. The fourth-order valence-electron chi connectivity index (χ4n) is 4.64. The Bertz CT molecular complexity index is 1510. The van der Waals surface area contributed by atoms with E-state index in [1.165, 1.54) is 0 Å². The highest BCUT2D eigenvalue weighted by Crippen LogP contribution is 2.31. The summed E-state index contributed by atoms with van der Waals surface area (Å²) in [6, 6.07) is 26.4. The molecule has 1 fully saturated rings. The molecule has 1 saturated heterocycles. The van der Waals surface area contributed by atoms with Gasteiger partial charge in [0.15, 0.2) is 0 Å². The number of anilines is 2. The van der Waals surface area contributed by atoms with Crippen LogP contribution in [-0.2, 0) is 4.74 Å². The third kappa shape index (κ3) is 4.87. The zero-order valence-corrected chi connectivity index (χ0v) is 20.5. The Hall–Kier alpha value is -4.33. The van der Waals surface area contributed by atoms with Crippen LogP contribution < -0.4 is 15.4 Å². The summed E-state index contributed by atoms with van der Waals surface area (Å²) in [6.07, 6.45) is 3.63. The molecule has 0 bridgehead atoms. The molecule has 0 amide bonds. The molecule has 2 N–H and O–H groups in total. The van der Waals surface area contributed by atoms with Crippen molar-refractivity contribution in [1.29, 1.82) is 0 Å². The number of nitrogens with one attached hydrogen (secondary N) is 2. The first-order valence-electron chi connectivity index (χ1n) is 12.3. The van der Waals surface area contributed by atoms with Crippen molar-refractivity contribution in [1.82, 2.24) is 20.3 Å². The molecular formula is C30H27N5O2. The van der Waals surface area contributed by atoms with Crippen molar-refractivity contribution >= 4 is 22.5 Å². The molecule has 1 aliphatic heterocycles. The first kappa shape index (κ1) is 23.1. The van der Waals surface area contributed by atoms with Crippen LogP contribution in [0.3, 0.4) is 0 Å². The van der Waals surface area contributed by atoms with Crippen molar-refractivity contribution < 1.29 is 9.47 Å². The molecule has 0 saturated carbocycles. The van der Waals surface area contributed by atoms with Crippen LogP contribution in [0.2, 0.25) is 0 Å². The molecule has 6 rings (SSSR count). The lowest BCUT2D eigenvalue weighted by atomic mass is 10.0. The Morgan fingerprint density at radius 2 is 1.68 bits per heavy atom. The van der Waals surface area contributed by atoms with Crippen molar-refractivity contribution in [3.05, 3.63) is 97.0 Å². The lowest BCUT2D eigenvalue weighted by molar-refractivity contribution is 0.0254. The average Bonchev–Trinajstić information content (AvgIpc) is 2.98. The van der Waals surface area contributed by atoms with Gasteiger partial charge in [-0.3, -0.25) is 4.98 Å². The first-order chi connectivity index (χ1) is 18.3. The summed E-state index contributed by atoms with van der Waals surface area (Å²) in [5.41, 5.74) is 7.04. The van der Waals surface area contributed by atoms with Crippen molar-refractivity contribution in [3.8, 4) is 28.0 Å². The number of aromatic nitrogens is 3. The summed E-state index contributed by atoms with van der Waals surface area (Å²) < 4.78 is 11.3. The van der Waals surface area contributed by atoms with Gasteiger partial charge in [0.25, 0.3) is 0 Å². The van der Waals surface area contributed by atoms with Crippen LogP contribution in [0.5, 0.6) is 5.75 Å². The van der Waals surface area contributed by atoms with E-state index in [1.54, 1.807) is 7.11 Å². The lowest BCUT2D eigenvalue weighted by Gasteiger charge is -2.25. The fourth-order valence-corrected chi connectivity index (χ4v) is 4.64. The second kappa shape index (κ2) is 10.3. The topological polar surface area (TPSA) is 81.2 Å². The number of morpholine rings is 1. The van der Waals surface area contributed by atoms with Crippen LogP contribution in [0.15, 0.2) is 91.3 Å². The Balaban J connectivity index is 1.27. The smallest absolute Gasteiger partial charge is 0.227 e. The molecule has 37 heavy (non-hydrogen) atoms. The summed E-state index contributed by atoms with van der Waals surface area (Å²) >= 11 is 0. The van der Waals surface area contributed by atoms with Crippen molar-refractivity contribution in [2.24, 2.45) is 0 Å². The van der Waals surface area contributed by atoms with Gasteiger partial charge in [-0.2, -0.15) is 0 Å². The first-order valence-corrected chi connectivity index (χ1v) is 12.3. The maximum atomic E-state index is 5.96. The number of para-hydroxylation sites is 1. The molecule has 3 aromatic carbocycles. The van der Waals surface area contributed by atoms with E-state index in [2.05, 4.69) is 44.9 Å². The van der Waals surface area contributed by atoms with Crippen LogP contribution in [0.25, 0.3) is 33.2 Å². The Kier molecular flexibility index (Phi) is 6.45. The molecule has 0 spiro atoms. The molecule has 0 radical (unpaired) electrons. The highest BCUT2D eigenvalue weighted by Gasteiger charge is 2.20. The second-order valence-electron chi connectivity index (χ2n) is 8.87. The summed E-state index contributed by atoms with van der Waals surface area (Å²) in [7, 11) is 1.67. The Labute approximate surface area is 215 Å². The number of hydrogen-bond donors (Lipinski definition) is 2. The van der Waals surface area contributed by atoms with E-state index >= 15 is 0 Å². The summed E-state index contributed by atoms with van der Waals surface area (Å²) in [6.45, 7) is 2.33. The van der Waals surface area contributed by atoms with E-state index in [0.717, 1.165) is 63.4 Å². The molecule has 0 aliphatic carbocycles. The molecule has 7 nitrogen and oxygen atoms in total. The van der Waals surface area contributed by atoms with Crippen molar-refractivity contribution in [2.75, 3.05) is 32.1 Å². The monoisotopic (exact) mass is 489 g/mol. The Morgan fingerprint density at radius 3 is 2.46 bits per heavy atom. The van der Waals surface area contributed by atoms with E-state index in [-0.39, 0.29) is 6.10 Å². The molecule has 1 atom stereocenters. The Morgan fingerprint density at radius 1 is 0.892 bits per heavy atom. The largest absolute Gasteiger partial charge is 0.497 e. The maximum absolute atomic E-state index is 5.96. The predicted molar refractivity (Wildman–Crippen MR) is 146 cm³/mol. The van der Waals surface area contributed by atoms with Gasteiger partial charge in [0.05, 0.1) is 24.9 Å². The lowest BCUT2D eigenvalue weighted by Crippen LogP contribution is -2.34. The average molecular weight is 490 g/mol. The number of ether oxygens (including phenoxy) is 2.